The van der Waals surface area contributed by atoms with E-state index in [0.717, 1.165) is 45.4 Å². The van der Waals surface area contributed by atoms with Gasteiger partial charge in [0.25, 0.3) is 0 Å². The number of rotatable bonds is 28. The molecule has 0 bridgehead atoms. The van der Waals surface area contributed by atoms with Gasteiger partial charge in [-0.1, -0.05) is 102 Å². The van der Waals surface area contributed by atoms with E-state index in [2.05, 4.69) is 31.2 Å². The lowest BCUT2D eigenvalue weighted by Crippen LogP contribution is -2.64. The Labute approximate surface area is 292 Å². The van der Waals surface area contributed by atoms with E-state index in [1.165, 1.54) is 64.2 Å². The van der Waals surface area contributed by atoms with Gasteiger partial charge in [0.2, 0.25) is 0 Å². The van der Waals surface area contributed by atoms with Gasteiger partial charge >= 0.3 is 19.8 Å². The van der Waals surface area contributed by atoms with Gasteiger partial charge in [0, 0.05) is 13.3 Å². The molecule has 0 amide bonds. The summed E-state index contributed by atoms with van der Waals surface area (Å²) in [5.41, 5.74) is 0. The van der Waals surface area contributed by atoms with Crippen molar-refractivity contribution in [3.05, 3.63) is 24.3 Å². The van der Waals surface area contributed by atoms with Crippen molar-refractivity contribution in [2.45, 2.75) is 172 Å². The maximum absolute atomic E-state index is 12.5. The Bertz CT molecular complexity index is 975. The number of hydrogen-bond acceptors (Lipinski definition) is 12. The Balaban J connectivity index is 2.20. The minimum atomic E-state index is -5.07. The summed E-state index contributed by atoms with van der Waals surface area (Å²) in [4.78, 5) is 33.8. The molecule has 6 unspecified atom stereocenters. The highest BCUT2D eigenvalue weighted by molar-refractivity contribution is 7.47. The van der Waals surface area contributed by atoms with Gasteiger partial charge in [0.05, 0.1) is 6.61 Å². The minimum absolute atomic E-state index is 0.0881. The first kappa shape index (κ1) is 45.4. The third-order valence-electron chi connectivity index (χ3n) is 8.35. The molecule has 0 radical (unpaired) electrons. The van der Waals surface area contributed by atoms with Gasteiger partial charge in [-0.25, -0.2) is 4.57 Å². The van der Waals surface area contributed by atoms with Gasteiger partial charge in [0.1, 0.15) is 43.2 Å². The molecule has 13 nitrogen and oxygen atoms in total. The largest absolute Gasteiger partial charge is 0.472 e. The Hall–Kier alpha value is -1.67. The molecular formula is C35H63O13P. The second-order valence-corrected chi connectivity index (χ2v) is 14.2. The molecule has 14 heteroatoms. The van der Waals surface area contributed by atoms with Crippen LogP contribution >= 0.6 is 7.82 Å². The third kappa shape index (κ3) is 21.3. The Kier molecular flexibility index (Phi) is 25.0. The monoisotopic (exact) mass is 722 g/mol. The van der Waals surface area contributed by atoms with Crippen LogP contribution in [0.25, 0.3) is 0 Å². The second kappa shape index (κ2) is 27.0. The van der Waals surface area contributed by atoms with Gasteiger partial charge in [-0.2, -0.15) is 0 Å². The summed E-state index contributed by atoms with van der Waals surface area (Å²) in [6, 6.07) is 0. The van der Waals surface area contributed by atoms with Crippen LogP contribution in [0, 0.1) is 0 Å². The lowest BCUT2D eigenvalue weighted by Gasteiger charge is -2.41. The fourth-order valence-corrected chi connectivity index (χ4v) is 6.37. The van der Waals surface area contributed by atoms with Crippen LogP contribution in [0.1, 0.15) is 129 Å². The van der Waals surface area contributed by atoms with Crippen LogP contribution in [0.3, 0.4) is 0 Å². The van der Waals surface area contributed by atoms with Crippen LogP contribution in [0.2, 0.25) is 0 Å². The lowest BCUT2D eigenvalue weighted by atomic mass is 9.85. The predicted molar refractivity (Wildman–Crippen MR) is 184 cm³/mol. The first-order chi connectivity index (χ1) is 23.4. The number of ether oxygens (including phenoxy) is 2. The van der Waals surface area contributed by atoms with E-state index in [9.17, 15) is 44.6 Å². The van der Waals surface area contributed by atoms with Crippen molar-refractivity contribution in [1.82, 2.24) is 0 Å². The highest BCUT2D eigenvalue weighted by atomic mass is 31.2. The highest BCUT2D eigenvalue weighted by Crippen LogP contribution is 2.47. The molecule has 1 aliphatic rings. The summed E-state index contributed by atoms with van der Waals surface area (Å²) in [6.07, 6.45) is 15.4. The molecule has 1 aliphatic carbocycles. The minimum Gasteiger partial charge on any atom is -0.462 e. The second-order valence-electron chi connectivity index (χ2n) is 12.8. The number of aliphatic hydroxyl groups is 5. The molecule has 286 valence electrons. The zero-order chi connectivity index (χ0) is 36.5. The molecule has 1 saturated carbocycles. The Morgan fingerprint density at radius 1 is 0.673 bits per heavy atom. The van der Waals surface area contributed by atoms with Crippen molar-refractivity contribution in [3.8, 4) is 0 Å². The third-order valence-corrected chi connectivity index (χ3v) is 9.34. The standard InChI is InChI=1S/C35H63O13P/c1-3-4-5-6-7-8-9-10-11-12-13-14-15-16-17-18-19-20-21-22-23-24-29(37)47-28(25-45-27(2)36)26-46-49(43,44)48-35-33(41)31(39)30(38)32(40)34(35)42/h9-10,12-13,28,30-35,38-42H,3-8,11,14-26H2,1-2H3,(H,43,44)/b10-9-,13-12-. The van der Waals surface area contributed by atoms with Gasteiger partial charge in [-0.15, -0.1) is 0 Å². The molecule has 49 heavy (non-hydrogen) atoms. The van der Waals surface area contributed by atoms with Crippen molar-refractivity contribution in [1.29, 1.82) is 0 Å². The first-order valence-corrected chi connectivity index (χ1v) is 19.6. The van der Waals surface area contributed by atoms with Crippen LogP contribution in [-0.4, -0.2) is 98.3 Å². The molecule has 0 spiro atoms. The SMILES string of the molecule is CCCCCCC/C=C\C/C=C\CCCCCCCCCCCC(=O)OC(COC(C)=O)COP(=O)(O)OC1C(O)C(O)C(O)C(O)C1O. The van der Waals surface area contributed by atoms with E-state index >= 15 is 0 Å². The number of allylic oxidation sites excluding steroid dienone is 4. The van der Waals surface area contributed by atoms with Crippen LogP contribution in [0.4, 0.5) is 0 Å². The van der Waals surface area contributed by atoms with Crippen LogP contribution in [-0.2, 0) is 32.7 Å². The first-order valence-electron chi connectivity index (χ1n) is 18.1. The molecular weight excluding hydrogens is 659 g/mol. The Morgan fingerprint density at radius 3 is 1.65 bits per heavy atom. The maximum atomic E-state index is 12.5. The van der Waals surface area contributed by atoms with E-state index in [-0.39, 0.29) is 6.42 Å². The van der Waals surface area contributed by atoms with Crippen molar-refractivity contribution >= 4 is 19.8 Å². The molecule has 0 aromatic rings. The molecule has 6 atom stereocenters. The lowest BCUT2D eigenvalue weighted by molar-refractivity contribution is -0.220. The van der Waals surface area contributed by atoms with Crippen LogP contribution in [0.5, 0.6) is 0 Å². The van der Waals surface area contributed by atoms with Gasteiger partial charge in [0.15, 0.2) is 6.10 Å². The summed E-state index contributed by atoms with van der Waals surface area (Å²) < 4.78 is 32.2. The molecule has 0 saturated heterocycles. The smallest absolute Gasteiger partial charge is 0.462 e. The van der Waals surface area contributed by atoms with Crippen molar-refractivity contribution in [2.24, 2.45) is 0 Å². The fourth-order valence-electron chi connectivity index (χ4n) is 5.40. The zero-order valence-electron chi connectivity index (χ0n) is 29.5. The van der Waals surface area contributed by atoms with Gasteiger partial charge in [-0.05, 0) is 38.5 Å². The number of phosphoric ester groups is 1. The fraction of sp³-hybridized carbons (Fsp3) is 0.829. The molecule has 6 N–H and O–H groups in total. The number of hydrogen-bond donors (Lipinski definition) is 6. The average molecular weight is 723 g/mol. The average Bonchev–Trinajstić information content (AvgIpc) is 3.06. The number of carbonyl (C=O) groups excluding carboxylic acids is 2. The quantitative estimate of drug-likeness (QED) is 0.0274. The number of carbonyl (C=O) groups is 2. The Morgan fingerprint density at radius 2 is 1.14 bits per heavy atom. The van der Waals surface area contributed by atoms with Gasteiger partial charge in [-0.3, -0.25) is 18.6 Å². The molecule has 0 aliphatic heterocycles. The molecule has 1 rings (SSSR count). The number of esters is 2. The maximum Gasteiger partial charge on any atom is 0.472 e. The molecule has 0 heterocycles. The van der Waals surface area contributed by atoms with E-state index in [1.807, 2.05) is 0 Å². The van der Waals surface area contributed by atoms with Crippen LogP contribution in [0.15, 0.2) is 24.3 Å². The summed E-state index contributed by atoms with van der Waals surface area (Å²) in [6.45, 7) is 2.16. The number of phosphoric acid groups is 1. The van der Waals surface area contributed by atoms with Crippen molar-refractivity contribution < 1.29 is 63.1 Å². The highest BCUT2D eigenvalue weighted by Gasteiger charge is 2.51. The zero-order valence-corrected chi connectivity index (χ0v) is 30.4. The van der Waals surface area contributed by atoms with Crippen LogP contribution < -0.4 is 0 Å². The number of unbranched alkanes of at least 4 members (excludes halogenated alkanes) is 14. The van der Waals surface area contributed by atoms with E-state index in [0.29, 0.717) is 6.42 Å². The van der Waals surface area contributed by atoms with E-state index in [1.54, 1.807) is 0 Å². The predicted octanol–water partition coefficient (Wildman–Crippen LogP) is 4.94. The number of aliphatic hydroxyl groups excluding tert-OH is 5. The normalized spacial score (nSPS) is 24.7. The molecule has 1 fully saturated rings. The summed E-state index contributed by atoms with van der Waals surface area (Å²) >= 11 is 0. The summed E-state index contributed by atoms with van der Waals surface area (Å²) in [5, 5.41) is 49.3. The van der Waals surface area contributed by atoms with Gasteiger partial charge < -0.3 is 39.9 Å². The van der Waals surface area contributed by atoms with E-state index < -0.39 is 75.7 Å². The molecule has 0 aromatic carbocycles. The molecule has 0 aromatic heterocycles. The van der Waals surface area contributed by atoms with E-state index in [4.69, 9.17) is 18.5 Å². The van der Waals surface area contributed by atoms with Crippen molar-refractivity contribution in [3.63, 3.8) is 0 Å². The van der Waals surface area contributed by atoms with Crippen molar-refractivity contribution in [2.75, 3.05) is 13.2 Å². The summed E-state index contributed by atoms with van der Waals surface area (Å²) in [7, 11) is -5.07. The summed E-state index contributed by atoms with van der Waals surface area (Å²) in [5.74, 6) is -1.30. The topological polar surface area (TPSA) is 210 Å².